The molecule has 4 rings (SSSR count). The van der Waals surface area contributed by atoms with E-state index in [-0.39, 0.29) is 5.91 Å². The van der Waals surface area contributed by atoms with Crippen LogP contribution in [0, 0.1) is 0 Å². The van der Waals surface area contributed by atoms with E-state index in [1.807, 2.05) is 30.3 Å². The number of fused-ring (bicyclic) bond motifs is 1. The van der Waals surface area contributed by atoms with Gasteiger partial charge in [-0.1, -0.05) is 6.07 Å². The van der Waals surface area contributed by atoms with Crippen molar-refractivity contribution in [3.8, 4) is 11.3 Å². The van der Waals surface area contributed by atoms with E-state index in [1.165, 1.54) is 4.68 Å². The van der Waals surface area contributed by atoms with E-state index in [9.17, 15) is 4.79 Å². The van der Waals surface area contributed by atoms with Gasteiger partial charge >= 0.3 is 0 Å². The predicted octanol–water partition coefficient (Wildman–Crippen LogP) is 2.63. The summed E-state index contributed by atoms with van der Waals surface area (Å²) in [6.07, 6.45) is 2.85. The largest absolute Gasteiger partial charge is 0.464 e. The number of carbonyl (C=O) groups excluding carboxylic acids is 1. The first kappa shape index (κ1) is 16.8. The van der Waals surface area contributed by atoms with Crippen molar-refractivity contribution in [2.45, 2.75) is 12.8 Å². The minimum Gasteiger partial charge on any atom is -0.464 e. The van der Waals surface area contributed by atoms with Crippen LogP contribution in [-0.4, -0.2) is 53.4 Å². The maximum absolute atomic E-state index is 12.7. The van der Waals surface area contributed by atoms with E-state index in [0.29, 0.717) is 17.8 Å². The number of carbonyl (C=O) groups is 1. The van der Waals surface area contributed by atoms with E-state index in [0.717, 1.165) is 56.0 Å². The Bertz CT molecular complexity index is 895. The van der Waals surface area contributed by atoms with Gasteiger partial charge in [0.2, 0.25) is 5.91 Å². The number of nitrogens with two attached hydrogens (primary N) is 1. The molecule has 3 aromatic rings. The molecular weight excluding hydrogens is 332 g/mol. The van der Waals surface area contributed by atoms with Crippen molar-refractivity contribution in [3.63, 3.8) is 0 Å². The lowest BCUT2D eigenvalue weighted by atomic mass is 10.1. The molecule has 1 aliphatic heterocycles. The van der Waals surface area contributed by atoms with Crippen LogP contribution in [0.4, 0.5) is 5.82 Å². The zero-order chi connectivity index (χ0) is 17.9. The Labute approximate surface area is 151 Å². The number of hydrogen-bond acceptors (Lipinski definition) is 6. The quantitative estimate of drug-likeness (QED) is 0.758. The molecule has 0 aliphatic carbocycles. The lowest BCUT2D eigenvalue weighted by molar-refractivity contribution is 0.0369. The normalized spacial score (nSPS) is 15.5. The average Bonchev–Trinajstić information content (AvgIpc) is 3.31. The standard InChI is InChI=1S/C19H22N4O3/c20-19-15-6-5-14(17-3-2-10-26-17)13-16(15)23(21-19)18(24)4-1-7-22-8-11-25-12-9-22/h2-3,5-6,10,13H,1,4,7-9,11-12H2,(H2,20,21). The molecule has 2 aromatic heterocycles. The first-order valence-electron chi connectivity index (χ1n) is 8.88. The van der Waals surface area contributed by atoms with Crippen LogP contribution in [0.2, 0.25) is 0 Å². The van der Waals surface area contributed by atoms with Crippen LogP contribution in [0.15, 0.2) is 41.0 Å². The Hall–Kier alpha value is -2.64. The number of rotatable bonds is 5. The van der Waals surface area contributed by atoms with Crippen LogP contribution in [0.1, 0.15) is 17.6 Å². The van der Waals surface area contributed by atoms with Crippen LogP contribution in [0.3, 0.4) is 0 Å². The highest BCUT2D eigenvalue weighted by Gasteiger charge is 2.16. The smallest absolute Gasteiger partial charge is 0.247 e. The van der Waals surface area contributed by atoms with Crippen molar-refractivity contribution in [3.05, 3.63) is 36.6 Å². The summed E-state index contributed by atoms with van der Waals surface area (Å²) in [7, 11) is 0. The highest BCUT2D eigenvalue weighted by molar-refractivity contribution is 5.98. The summed E-state index contributed by atoms with van der Waals surface area (Å²) in [6, 6.07) is 9.42. The summed E-state index contributed by atoms with van der Waals surface area (Å²) in [5.41, 5.74) is 7.61. The van der Waals surface area contributed by atoms with Crippen molar-refractivity contribution in [1.29, 1.82) is 0 Å². The van der Waals surface area contributed by atoms with Gasteiger partial charge in [-0.15, -0.1) is 5.10 Å². The molecule has 0 radical (unpaired) electrons. The van der Waals surface area contributed by atoms with Crippen molar-refractivity contribution in [2.75, 3.05) is 38.6 Å². The highest BCUT2D eigenvalue weighted by Crippen LogP contribution is 2.28. The molecule has 0 unspecified atom stereocenters. The molecule has 26 heavy (non-hydrogen) atoms. The monoisotopic (exact) mass is 354 g/mol. The fourth-order valence-electron chi connectivity index (χ4n) is 3.31. The van der Waals surface area contributed by atoms with E-state index in [2.05, 4.69) is 10.00 Å². The fraction of sp³-hybridized carbons (Fsp3) is 0.368. The van der Waals surface area contributed by atoms with Gasteiger partial charge in [-0.25, -0.2) is 0 Å². The lowest BCUT2D eigenvalue weighted by Crippen LogP contribution is -2.37. The number of benzene rings is 1. The molecular formula is C19H22N4O3. The number of morpholine rings is 1. The molecule has 0 bridgehead atoms. The second-order valence-electron chi connectivity index (χ2n) is 6.46. The van der Waals surface area contributed by atoms with Crippen LogP contribution < -0.4 is 5.73 Å². The molecule has 1 aliphatic rings. The highest BCUT2D eigenvalue weighted by atomic mass is 16.5. The summed E-state index contributed by atoms with van der Waals surface area (Å²) in [5, 5.41) is 5.04. The summed E-state index contributed by atoms with van der Waals surface area (Å²) in [4.78, 5) is 15.0. The van der Waals surface area contributed by atoms with Gasteiger partial charge in [0, 0.05) is 30.5 Å². The first-order chi connectivity index (χ1) is 12.7. The number of nitrogen functional groups attached to an aromatic ring is 1. The summed E-state index contributed by atoms with van der Waals surface area (Å²) >= 11 is 0. The van der Waals surface area contributed by atoms with Crippen molar-refractivity contribution in [1.82, 2.24) is 14.7 Å². The summed E-state index contributed by atoms with van der Waals surface area (Å²) < 4.78 is 12.2. The maximum atomic E-state index is 12.7. The summed E-state index contributed by atoms with van der Waals surface area (Å²) in [5.74, 6) is 1.07. The molecule has 1 fully saturated rings. The van der Waals surface area contributed by atoms with E-state index >= 15 is 0 Å². The number of nitrogens with zero attached hydrogens (tertiary/aromatic N) is 3. The Balaban J connectivity index is 1.51. The minimum absolute atomic E-state index is 0.0449. The fourth-order valence-corrected chi connectivity index (χ4v) is 3.31. The second kappa shape index (κ2) is 7.31. The van der Waals surface area contributed by atoms with Gasteiger partial charge in [0.05, 0.1) is 25.0 Å². The predicted molar refractivity (Wildman–Crippen MR) is 99.0 cm³/mol. The molecule has 0 spiro atoms. The number of hydrogen-bond donors (Lipinski definition) is 1. The topological polar surface area (TPSA) is 86.5 Å². The van der Waals surface area contributed by atoms with Crippen molar-refractivity contribution in [2.24, 2.45) is 0 Å². The van der Waals surface area contributed by atoms with Gasteiger partial charge in [0.25, 0.3) is 0 Å². The Morgan fingerprint density at radius 1 is 1.23 bits per heavy atom. The van der Waals surface area contributed by atoms with E-state index in [1.54, 1.807) is 6.26 Å². The number of furan rings is 1. The maximum Gasteiger partial charge on any atom is 0.247 e. The molecule has 136 valence electrons. The van der Waals surface area contributed by atoms with Gasteiger partial charge in [-0.3, -0.25) is 9.69 Å². The van der Waals surface area contributed by atoms with Crippen molar-refractivity contribution < 1.29 is 13.9 Å². The molecule has 0 amide bonds. The van der Waals surface area contributed by atoms with Gasteiger partial charge < -0.3 is 14.9 Å². The van der Waals surface area contributed by atoms with Crippen LogP contribution in [0.5, 0.6) is 0 Å². The molecule has 0 saturated carbocycles. The third-order valence-corrected chi connectivity index (χ3v) is 4.72. The zero-order valence-corrected chi connectivity index (χ0v) is 14.6. The third kappa shape index (κ3) is 3.36. The second-order valence-corrected chi connectivity index (χ2v) is 6.46. The minimum atomic E-state index is -0.0449. The summed E-state index contributed by atoms with van der Waals surface area (Å²) in [6.45, 7) is 4.28. The molecule has 2 N–H and O–H groups in total. The van der Waals surface area contributed by atoms with E-state index < -0.39 is 0 Å². The lowest BCUT2D eigenvalue weighted by Gasteiger charge is -2.26. The Kier molecular flexibility index (Phi) is 4.73. The molecule has 3 heterocycles. The zero-order valence-electron chi connectivity index (χ0n) is 14.6. The molecule has 7 nitrogen and oxygen atoms in total. The van der Waals surface area contributed by atoms with E-state index in [4.69, 9.17) is 14.9 Å². The third-order valence-electron chi connectivity index (χ3n) is 4.72. The molecule has 7 heteroatoms. The molecule has 1 saturated heterocycles. The Morgan fingerprint density at radius 3 is 2.85 bits per heavy atom. The van der Waals surface area contributed by atoms with Crippen molar-refractivity contribution >= 4 is 22.6 Å². The Morgan fingerprint density at radius 2 is 2.08 bits per heavy atom. The molecule has 0 atom stereocenters. The van der Waals surface area contributed by atoms with Gasteiger partial charge in [-0.2, -0.15) is 4.68 Å². The number of anilines is 1. The van der Waals surface area contributed by atoms with Crippen LogP contribution in [0.25, 0.3) is 22.2 Å². The molecule has 1 aromatic carbocycles. The van der Waals surface area contributed by atoms with Crippen LogP contribution in [-0.2, 0) is 4.74 Å². The van der Waals surface area contributed by atoms with Crippen LogP contribution >= 0.6 is 0 Å². The van der Waals surface area contributed by atoms with Gasteiger partial charge in [0.15, 0.2) is 5.82 Å². The number of aromatic nitrogens is 2. The van der Waals surface area contributed by atoms with Gasteiger partial charge in [0.1, 0.15) is 5.76 Å². The first-order valence-corrected chi connectivity index (χ1v) is 8.88. The number of ether oxygens (including phenoxy) is 1. The SMILES string of the molecule is Nc1nn(C(=O)CCCN2CCOCC2)c2cc(-c3ccco3)ccc12. The van der Waals surface area contributed by atoms with Gasteiger partial charge in [-0.05, 0) is 37.2 Å². The average molecular weight is 354 g/mol.